The van der Waals surface area contributed by atoms with E-state index in [0.717, 1.165) is 0 Å². The van der Waals surface area contributed by atoms with Gasteiger partial charge in [0, 0.05) is 10.6 Å². The van der Waals surface area contributed by atoms with E-state index in [1.54, 1.807) is 30.3 Å². The van der Waals surface area contributed by atoms with Crippen molar-refractivity contribution in [3.8, 4) is 6.07 Å². The first-order valence-electron chi connectivity index (χ1n) is 3.16. The van der Waals surface area contributed by atoms with E-state index in [0.29, 0.717) is 10.6 Å². The van der Waals surface area contributed by atoms with Gasteiger partial charge in [-0.1, -0.05) is 28.9 Å². The van der Waals surface area contributed by atoms with Crippen LogP contribution in [0.25, 0.3) is 0 Å². The fraction of sp³-hybridized carbons (Fsp3) is 0. The summed E-state index contributed by atoms with van der Waals surface area (Å²) in [7, 11) is 0. The van der Waals surface area contributed by atoms with Crippen LogP contribution in [0.15, 0.2) is 29.4 Å². The van der Waals surface area contributed by atoms with Crippen molar-refractivity contribution >= 4 is 17.3 Å². The second-order valence-corrected chi connectivity index (χ2v) is 2.50. The van der Waals surface area contributed by atoms with Crippen molar-refractivity contribution in [3.05, 3.63) is 34.9 Å². The average molecular weight is 181 g/mol. The molecule has 0 amide bonds. The van der Waals surface area contributed by atoms with Crippen LogP contribution in [0.1, 0.15) is 5.56 Å². The van der Waals surface area contributed by atoms with Crippen molar-refractivity contribution in [3.63, 3.8) is 0 Å². The first-order chi connectivity index (χ1) is 5.77. The zero-order valence-electron chi connectivity index (χ0n) is 6.03. The molecule has 0 aliphatic heterocycles. The van der Waals surface area contributed by atoms with Crippen LogP contribution >= 0.6 is 11.6 Å². The van der Waals surface area contributed by atoms with Gasteiger partial charge in [0.1, 0.15) is 6.07 Å². The highest BCUT2D eigenvalue weighted by molar-refractivity contribution is 6.30. The molecule has 0 saturated heterocycles. The maximum atomic E-state index is 8.47. The first kappa shape index (κ1) is 8.57. The number of hydrogen-bond donors (Lipinski definition) is 1. The molecule has 0 fully saturated rings. The lowest BCUT2D eigenvalue weighted by molar-refractivity contribution is 0.320. The van der Waals surface area contributed by atoms with E-state index in [9.17, 15) is 0 Å². The van der Waals surface area contributed by atoms with Gasteiger partial charge >= 0.3 is 0 Å². The Balaban J connectivity index is 3.06. The Hall–Kier alpha value is -1.53. The van der Waals surface area contributed by atoms with Gasteiger partial charge in [-0.25, -0.2) is 0 Å². The molecule has 0 aliphatic carbocycles. The number of benzene rings is 1. The van der Waals surface area contributed by atoms with E-state index >= 15 is 0 Å². The molecule has 0 atom stereocenters. The maximum Gasteiger partial charge on any atom is 0.186 e. The maximum absolute atomic E-state index is 8.47. The molecule has 0 aliphatic rings. The molecule has 0 unspecified atom stereocenters. The van der Waals surface area contributed by atoms with Crippen LogP contribution < -0.4 is 0 Å². The highest BCUT2D eigenvalue weighted by Gasteiger charge is 2.00. The van der Waals surface area contributed by atoms with Gasteiger partial charge in [0.15, 0.2) is 5.71 Å². The Morgan fingerprint density at radius 1 is 1.42 bits per heavy atom. The largest absolute Gasteiger partial charge is 0.410 e. The molecule has 12 heavy (non-hydrogen) atoms. The minimum Gasteiger partial charge on any atom is -0.410 e. The molecule has 0 heterocycles. The third-order valence-electron chi connectivity index (χ3n) is 1.32. The summed E-state index contributed by atoms with van der Waals surface area (Å²) in [4.78, 5) is 0. The molecule has 0 spiro atoms. The minimum atomic E-state index is -0.0216. The van der Waals surface area contributed by atoms with Crippen molar-refractivity contribution in [1.82, 2.24) is 0 Å². The second kappa shape index (κ2) is 3.74. The molecule has 60 valence electrons. The molecular weight excluding hydrogens is 176 g/mol. The second-order valence-electron chi connectivity index (χ2n) is 2.07. The van der Waals surface area contributed by atoms with Gasteiger partial charge in [0.25, 0.3) is 0 Å². The molecule has 0 aromatic heterocycles. The van der Waals surface area contributed by atoms with E-state index in [4.69, 9.17) is 22.1 Å². The fourth-order valence-electron chi connectivity index (χ4n) is 0.752. The predicted molar refractivity (Wildman–Crippen MR) is 45.4 cm³/mol. The van der Waals surface area contributed by atoms with Gasteiger partial charge < -0.3 is 5.21 Å². The summed E-state index contributed by atoms with van der Waals surface area (Å²) in [6.45, 7) is 0. The summed E-state index contributed by atoms with van der Waals surface area (Å²) >= 11 is 5.62. The number of hydrogen-bond acceptors (Lipinski definition) is 3. The van der Waals surface area contributed by atoms with Crippen LogP contribution in [-0.2, 0) is 0 Å². The Kier molecular flexibility index (Phi) is 2.67. The third-order valence-corrected chi connectivity index (χ3v) is 1.58. The topological polar surface area (TPSA) is 56.4 Å². The third kappa shape index (κ3) is 1.74. The molecule has 0 radical (unpaired) electrons. The zero-order valence-corrected chi connectivity index (χ0v) is 6.78. The Labute approximate surface area is 74.5 Å². The lowest BCUT2D eigenvalue weighted by Gasteiger charge is -1.94. The monoisotopic (exact) mass is 180 g/mol. The van der Waals surface area contributed by atoms with Crippen LogP contribution in [0.2, 0.25) is 5.02 Å². The number of nitriles is 1. The van der Waals surface area contributed by atoms with Crippen LogP contribution in [-0.4, -0.2) is 10.9 Å². The number of nitrogens with zero attached hydrogens (tertiary/aromatic N) is 2. The average Bonchev–Trinajstić information content (AvgIpc) is 2.10. The van der Waals surface area contributed by atoms with Gasteiger partial charge in [-0.3, -0.25) is 0 Å². The first-order valence-corrected chi connectivity index (χ1v) is 3.54. The van der Waals surface area contributed by atoms with Crippen molar-refractivity contribution in [2.75, 3.05) is 0 Å². The van der Waals surface area contributed by atoms with Crippen LogP contribution in [0.4, 0.5) is 0 Å². The smallest absolute Gasteiger partial charge is 0.186 e. The summed E-state index contributed by atoms with van der Waals surface area (Å²) in [5.74, 6) is 0. The van der Waals surface area contributed by atoms with E-state index in [2.05, 4.69) is 5.16 Å². The lowest BCUT2D eigenvalue weighted by atomic mass is 10.1. The van der Waals surface area contributed by atoms with E-state index in [-0.39, 0.29) is 5.71 Å². The molecule has 1 aromatic rings. The van der Waals surface area contributed by atoms with E-state index < -0.39 is 0 Å². The SMILES string of the molecule is N#CC(=NO)c1ccc(Cl)cc1. The Morgan fingerprint density at radius 3 is 2.42 bits per heavy atom. The summed E-state index contributed by atoms with van der Waals surface area (Å²) in [6, 6.07) is 8.22. The van der Waals surface area contributed by atoms with Crippen molar-refractivity contribution in [2.24, 2.45) is 5.16 Å². The fourth-order valence-corrected chi connectivity index (χ4v) is 0.878. The van der Waals surface area contributed by atoms with Gasteiger partial charge in [-0.15, -0.1) is 0 Å². The van der Waals surface area contributed by atoms with Gasteiger partial charge in [-0.05, 0) is 12.1 Å². The summed E-state index contributed by atoms with van der Waals surface area (Å²) < 4.78 is 0. The minimum absolute atomic E-state index is 0.0216. The summed E-state index contributed by atoms with van der Waals surface area (Å²) in [5.41, 5.74) is 0.524. The summed E-state index contributed by atoms with van der Waals surface area (Å²) in [5, 5.41) is 20.3. The quantitative estimate of drug-likeness (QED) is 0.409. The molecule has 1 N–H and O–H groups in total. The highest BCUT2D eigenvalue weighted by Crippen LogP contribution is 2.09. The molecule has 3 nitrogen and oxygen atoms in total. The normalized spacial score (nSPS) is 10.8. The Morgan fingerprint density at radius 2 is 2.00 bits per heavy atom. The van der Waals surface area contributed by atoms with E-state index in [1.807, 2.05) is 0 Å². The van der Waals surface area contributed by atoms with Crippen LogP contribution in [0.5, 0.6) is 0 Å². The molecule has 4 heteroatoms. The summed E-state index contributed by atoms with van der Waals surface area (Å²) in [6.07, 6.45) is 0. The van der Waals surface area contributed by atoms with Crippen molar-refractivity contribution in [2.45, 2.75) is 0 Å². The van der Waals surface area contributed by atoms with Crippen molar-refractivity contribution in [1.29, 1.82) is 5.26 Å². The standard InChI is InChI=1S/C8H5ClN2O/c9-7-3-1-6(2-4-7)8(5-10)11-12/h1-4,12H. The molecule has 0 bridgehead atoms. The lowest BCUT2D eigenvalue weighted by Crippen LogP contribution is -1.95. The molecular formula is C8H5ClN2O. The van der Waals surface area contributed by atoms with Gasteiger partial charge in [-0.2, -0.15) is 5.26 Å². The van der Waals surface area contributed by atoms with Gasteiger partial charge in [0.05, 0.1) is 0 Å². The number of oxime groups is 1. The highest BCUT2D eigenvalue weighted by atomic mass is 35.5. The molecule has 1 rings (SSSR count). The Bertz CT molecular complexity index is 337. The van der Waals surface area contributed by atoms with Gasteiger partial charge in [0.2, 0.25) is 0 Å². The number of rotatable bonds is 1. The van der Waals surface area contributed by atoms with Crippen LogP contribution in [0, 0.1) is 11.3 Å². The number of halogens is 1. The van der Waals surface area contributed by atoms with Crippen molar-refractivity contribution < 1.29 is 5.21 Å². The van der Waals surface area contributed by atoms with E-state index in [1.165, 1.54) is 0 Å². The molecule has 0 saturated carbocycles. The predicted octanol–water partition coefficient (Wildman–Crippen LogP) is 2.04. The van der Waals surface area contributed by atoms with Crippen LogP contribution in [0.3, 0.4) is 0 Å². The molecule has 1 aromatic carbocycles. The zero-order chi connectivity index (χ0) is 8.97.